The van der Waals surface area contributed by atoms with Gasteiger partial charge in [0.25, 0.3) is 0 Å². The molecule has 0 radical (unpaired) electrons. The summed E-state index contributed by atoms with van der Waals surface area (Å²) in [6, 6.07) is 9.45. The molecule has 1 aliphatic heterocycles. The third-order valence-corrected chi connectivity index (χ3v) is 4.40. The number of likely N-dealkylation sites (N-methyl/N-ethyl adjacent to an activating group) is 1. The Morgan fingerprint density at radius 2 is 2.04 bits per heavy atom. The molecule has 1 aromatic heterocycles. The summed E-state index contributed by atoms with van der Waals surface area (Å²) in [5, 5.41) is 7.94. The Bertz CT molecular complexity index is 694. The number of anilines is 1. The van der Waals surface area contributed by atoms with Gasteiger partial charge in [0.15, 0.2) is 0 Å². The van der Waals surface area contributed by atoms with Gasteiger partial charge in [-0.1, -0.05) is 23.7 Å². The van der Waals surface area contributed by atoms with Crippen molar-refractivity contribution in [3.63, 3.8) is 0 Å². The van der Waals surface area contributed by atoms with E-state index in [9.17, 15) is 4.79 Å². The molecule has 2 heterocycles. The van der Waals surface area contributed by atoms with Crippen LogP contribution in [0.4, 0.5) is 5.82 Å². The number of carbonyl (C=O) groups is 1. The van der Waals surface area contributed by atoms with Crippen LogP contribution < -0.4 is 5.32 Å². The van der Waals surface area contributed by atoms with E-state index in [-0.39, 0.29) is 5.91 Å². The van der Waals surface area contributed by atoms with E-state index < -0.39 is 0 Å². The minimum atomic E-state index is -0.00704. The zero-order chi connectivity index (χ0) is 16.9. The van der Waals surface area contributed by atoms with Gasteiger partial charge in [-0.2, -0.15) is 5.10 Å². The highest BCUT2D eigenvalue weighted by Gasteiger charge is 2.17. The van der Waals surface area contributed by atoms with Gasteiger partial charge < -0.3 is 10.2 Å². The predicted octanol–water partition coefficient (Wildman–Crippen LogP) is 1.77. The highest BCUT2D eigenvalue weighted by Crippen LogP contribution is 2.14. The normalized spacial score (nSPS) is 16.2. The van der Waals surface area contributed by atoms with E-state index in [1.807, 2.05) is 30.3 Å². The highest BCUT2D eigenvalue weighted by molar-refractivity contribution is 6.30. The Morgan fingerprint density at radius 3 is 2.79 bits per heavy atom. The summed E-state index contributed by atoms with van der Waals surface area (Å²) in [4.78, 5) is 16.7. The van der Waals surface area contributed by atoms with E-state index in [1.165, 1.54) is 0 Å². The molecule has 1 saturated heterocycles. The number of rotatable bonds is 5. The lowest BCUT2D eigenvalue weighted by molar-refractivity contribution is -0.117. The lowest BCUT2D eigenvalue weighted by Gasteiger charge is -2.31. The second-order valence-electron chi connectivity index (χ2n) is 6.13. The van der Waals surface area contributed by atoms with Crippen molar-refractivity contribution in [3.8, 4) is 0 Å². The average Bonchev–Trinajstić information content (AvgIpc) is 2.96. The standard InChI is InChI=1S/C17H22ClN5O/c1-21-7-9-22(10-8-21)13-17(24)20-16-5-6-19-23(16)12-14-3-2-4-15(18)11-14/h2-6,11H,7-10,12-13H2,1H3,(H,20,24). The molecule has 24 heavy (non-hydrogen) atoms. The Balaban J connectivity index is 1.58. The monoisotopic (exact) mass is 347 g/mol. The van der Waals surface area contributed by atoms with E-state index in [0.29, 0.717) is 23.9 Å². The fourth-order valence-corrected chi connectivity index (χ4v) is 2.98. The van der Waals surface area contributed by atoms with Crippen molar-refractivity contribution in [3.05, 3.63) is 47.1 Å². The average molecular weight is 348 g/mol. The summed E-state index contributed by atoms with van der Waals surface area (Å²) in [5.41, 5.74) is 1.04. The van der Waals surface area contributed by atoms with Gasteiger partial charge in [0.2, 0.25) is 5.91 Å². The summed E-state index contributed by atoms with van der Waals surface area (Å²) in [7, 11) is 2.10. The first-order valence-electron chi connectivity index (χ1n) is 8.07. The van der Waals surface area contributed by atoms with Crippen molar-refractivity contribution >= 4 is 23.3 Å². The molecule has 6 nitrogen and oxygen atoms in total. The zero-order valence-corrected chi connectivity index (χ0v) is 14.5. The highest BCUT2D eigenvalue weighted by atomic mass is 35.5. The van der Waals surface area contributed by atoms with Gasteiger partial charge in [-0.25, -0.2) is 4.68 Å². The van der Waals surface area contributed by atoms with Crippen LogP contribution in [-0.2, 0) is 11.3 Å². The predicted molar refractivity (Wildman–Crippen MR) is 95.3 cm³/mol. The maximum atomic E-state index is 12.3. The van der Waals surface area contributed by atoms with Gasteiger partial charge in [-0.15, -0.1) is 0 Å². The molecule has 0 aliphatic carbocycles. The molecule has 1 N–H and O–H groups in total. The van der Waals surface area contributed by atoms with Crippen molar-refractivity contribution in [1.29, 1.82) is 0 Å². The minimum absolute atomic E-state index is 0.00704. The fraction of sp³-hybridized carbons (Fsp3) is 0.412. The Hall–Kier alpha value is -1.89. The summed E-state index contributed by atoms with van der Waals surface area (Å²) < 4.78 is 1.77. The number of piperazine rings is 1. The molecule has 2 aromatic rings. The third kappa shape index (κ3) is 4.56. The number of hydrogen-bond acceptors (Lipinski definition) is 4. The first kappa shape index (κ1) is 17.0. The fourth-order valence-electron chi connectivity index (χ4n) is 2.76. The maximum Gasteiger partial charge on any atom is 0.239 e. The largest absolute Gasteiger partial charge is 0.310 e. The van der Waals surface area contributed by atoms with Gasteiger partial charge in [0, 0.05) is 37.3 Å². The van der Waals surface area contributed by atoms with Crippen molar-refractivity contribution in [1.82, 2.24) is 19.6 Å². The Labute approximate surface area is 147 Å². The summed E-state index contributed by atoms with van der Waals surface area (Å²) in [6.07, 6.45) is 1.69. The van der Waals surface area contributed by atoms with E-state index in [4.69, 9.17) is 11.6 Å². The quantitative estimate of drug-likeness (QED) is 0.895. The Morgan fingerprint density at radius 1 is 1.25 bits per heavy atom. The minimum Gasteiger partial charge on any atom is -0.310 e. The molecule has 1 fully saturated rings. The van der Waals surface area contributed by atoms with Crippen molar-refractivity contribution < 1.29 is 4.79 Å². The smallest absolute Gasteiger partial charge is 0.239 e. The molecular formula is C17H22ClN5O. The topological polar surface area (TPSA) is 53.4 Å². The molecule has 7 heteroatoms. The molecule has 0 spiro atoms. The number of hydrogen-bond donors (Lipinski definition) is 1. The number of benzene rings is 1. The van der Waals surface area contributed by atoms with Gasteiger partial charge in [-0.05, 0) is 24.7 Å². The number of halogens is 1. The van der Waals surface area contributed by atoms with Crippen LogP contribution in [-0.4, -0.2) is 65.3 Å². The van der Waals surface area contributed by atoms with Crippen LogP contribution in [0.2, 0.25) is 5.02 Å². The summed E-state index contributed by atoms with van der Waals surface area (Å²) in [6.45, 7) is 4.82. The zero-order valence-electron chi connectivity index (χ0n) is 13.8. The summed E-state index contributed by atoms with van der Waals surface area (Å²) >= 11 is 6.02. The van der Waals surface area contributed by atoms with Crippen LogP contribution >= 0.6 is 11.6 Å². The van der Waals surface area contributed by atoms with Gasteiger partial charge >= 0.3 is 0 Å². The van der Waals surface area contributed by atoms with Crippen LogP contribution in [0.3, 0.4) is 0 Å². The van der Waals surface area contributed by atoms with E-state index >= 15 is 0 Å². The SMILES string of the molecule is CN1CCN(CC(=O)Nc2ccnn2Cc2cccc(Cl)c2)CC1. The second-order valence-corrected chi connectivity index (χ2v) is 6.57. The first-order chi connectivity index (χ1) is 11.6. The molecule has 1 aliphatic rings. The first-order valence-corrected chi connectivity index (χ1v) is 8.45. The molecule has 0 unspecified atom stereocenters. The molecule has 0 atom stereocenters. The van der Waals surface area contributed by atoms with E-state index in [2.05, 4.69) is 27.3 Å². The second kappa shape index (κ2) is 7.79. The molecule has 128 valence electrons. The van der Waals surface area contributed by atoms with Gasteiger partial charge in [0.1, 0.15) is 5.82 Å². The third-order valence-electron chi connectivity index (χ3n) is 4.17. The lowest BCUT2D eigenvalue weighted by atomic mass is 10.2. The maximum absolute atomic E-state index is 12.3. The van der Waals surface area contributed by atoms with Crippen LogP contribution in [0.15, 0.2) is 36.5 Å². The molecule has 0 bridgehead atoms. The van der Waals surface area contributed by atoms with Crippen molar-refractivity contribution in [2.75, 3.05) is 45.1 Å². The number of nitrogens with one attached hydrogen (secondary N) is 1. The van der Waals surface area contributed by atoms with Gasteiger partial charge in [0.05, 0.1) is 19.3 Å². The van der Waals surface area contributed by atoms with Crippen molar-refractivity contribution in [2.45, 2.75) is 6.54 Å². The number of carbonyl (C=O) groups excluding carboxylic acids is 1. The number of aromatic nitrogens is 2. The van der Waals surface area contributed by atoms with Crippen molar-refractivity contribution in [2.24, 2.45) is 0 Å². The van der Waals surface area contributed by atoms with Crippen LogP contribution in [0.25, 0.3) is 0 Å². The molecular weight excluding hydrogens is 326 g/mol. The Kier molecular flexibility index (Phi) is 5.50. The molecule has 3 rings (SSSR count). The van der Waals surface area contributed by atoms with Gasteiger partial charge in [-0.3, -0.25) is 9.69 Å². The molecule has 1 amide bonds. The lowest BCUT2D eigenvalue weighted by Crippen LogP contribution is -2.47. The van der Waals surface area contributed by atoms with E-state index in [1.54, 1.807) is 10.9 Å². The van der Waals surface area contributed by atoms with Crippen LogP contribution in [0, 0.1) is 0 Å². The van der Waals surface area contributed by atoms with Crippen LogP contribution in [0.5, 0.6) is 0 Å². The molecule has 1 aromatic carbocycles. The molecule has 0 saturated carbocycles. The summed E-state index contributed by atoms with van der Waals surface area (Å²) in [5.74, 6) is 0.696. The van der Waals surface area contributed by atoms with E-state index in [0.717, 1.165) is 31.7 Å². The number of nitrogens with zero attached hydrogens (tertiary/aromatic N) is 4. The number of amides is 1. The van der Waals surface area contributed by atoms with Crippen LogP contribution in [0.1, 0.15) is 5.56 Å².